The van der Waals surface area contributed by atoms with E-state index in [4.69, 9.17) is 11.6 Å². The number of hydrogen-bond acceptors (Lipinski definition) is 6. The molecule has 8 heteroatoms. The minimum atomic E-state index is -0.113. The van der Waals surface area contributed by atoms with Crippen molar-refractivity contribution in [2.75, 3.05) is 23.3 Å². The van der Waals surface area contributed by atoms with Gasteiger partial charge in [0, 0.05) is 24.0 Å². The third-order valence-corrected chi connectivity index (χ3v) is 5.78. The summed E-state index contributed by atoms with van der Waals surface area (Å²) in [5.41, 5.74) is 3.13. The number of benzene rings is 1. The van der Waals surface area contributed by atoms with E-state index in [1.807, 2.05) is 23.6 Å². The lowest BCUT2D eigenvalue weighted by Crippen LogP contribution is -2.41. The monoisotopic (exact) mass is 413 g/mol. The van der Waals surface area contributed by atoms with Gasteiger partial charge in [0.2, 0.25) is 5.91 Å². The van der Waals surface area contributed by atoms with Crippen molar-refractivity contribution in [3.05, 3.63) is 52.5 Å². The van der Waals surface area contributed by atoms with Crippen molar-refractivity contribution in [2.45, 2.75) is 19.8 Å². The number of hydrogen-bond donors (Lipinski definition) is 1. The first-order valence-corrected chi connectivity index (χ1v) is 10.4. The molecule has 1 atom stereocenters. The second kappa shape index (κ2) is 8.24. The summed E-state index contributed by atoms with van der Waals surface area (Å²) in [7, 11) is 0. The van der Waals surface area contributed by atoms with Crippen molar-refractivity contribution in [3.63, 3.8) is 0 Å². The van der Waals surface area contributed by atoms with Gasteiger partial charge in [-0.3, -0.25) is 4.79 Å². The molecule has 0 unspecified atom stereocenters. The minimum absolute atomic E-state index is 0.00331. The Kier molecular flexibility index (Phi) is 5.54. The van der Waals surface area contributed by atoms with Gasteiger partial charge in [0.05, 0.1) is 11.6 Å². The Hall–Kier alpha value is -2.51. The number of thiazole rings is 1. The van der Waals surface area contributed by atoms with Gasteiger partial charge in [-0.15, -0.1) is 21.5 Å². The summed E-state index contributed by atoms with van der Waals surface area (Å²) in [6.07, 6.45) is 1.77. The minimum Gasteiger partial charge on any atom is -0.354 e. The number of nitrogens with zero attached hydrogens (tertiary/aromatic N) is 4. The molecule has 1 aliphatic rings. The smallest absolute Gasteiger partial charge is 0.231 e. The van der Waals surface area contributed by atoms with Crippen LogP contribution < -0.4 is 10.2 Å². The number of amides is 1. The number of carbonyl (C=O) groups is 1. The predicted molar refractivity (Wildman–Crippen MR) is 113 cm³/mol. The lowest BCUT2D eigenvalue weighted by Gasteiger charge is -2.32. The van der Waals surface area contributed by atoms with Gasteiger partial charge in [-0.2, -0.15) is 0 Å². The molecule has 3 aromatic rings. The molecule has 1 N–H and O–H groups in total. The first-order chi connectivity index (χ1) is 13.6. The Bertz CT molecular complexity index is 957. The highest BCUT2D eigenvalue weighted by atomic mass is 35.5. The summed E-state index contributed by atoms with van der Waals surface area (Å²) in [6, 6.07) is 11.8. The molecule has 1 amide bonds. The molecule has 3 heterocycles. The van der Waals surface area contributed by atoms with Crippen LogP contribution >= 0.6 is 22.9 Å². The molecule has 1 aliphatic heterocycles. The summed E-state index contributed by atoms with van der Waals surface area (Å²) in [4.78, 5) is 19.4. The van der Waals surface area contributed by atoms with E-state index in [0.717, 1.165) is 36.5 Å². The molecule has 6 nitrogen and oxygen atoms in total. The number of aryl methyl sites for hydroxylation is 1. The normalized spacial score (nSPS) is 16.8. The molecule has 0 spiro atoms. The third kappa shape index (κ3) is 4.31. The molecule has 0 bridgehead atoms. The molecule has 0 aliphatic carbocycles. The molecule has 1 fully saturated rings. The van der Waals surface area contributed by atoms with Gasteiger partial charge in [-0.25, -0.2) is 4.98 Å². The van der Waals surface area contributed by atoms with Crippen LogP contribution in [-0.4, -0.2) is 34.2 Å². The average Bonchev–Trinajstić information content (AvgIpc) is 3.17. The van der Waals surface area contributed by atoms with Crippen LogP contribution in [0.1, 0.15) is 18.4 Å². The van der Waals surface area contributed by atoms with E-state index >= 15 is 0 Å². The number of carbonyl (C=O) groups excluding carboxylic acids is 1. The van der Waals surface area contributed by atoms with Crippen molar-refractivity contribution < 1.29 is 4.79 Å². The van der Waals surface area contributed by atoms with Crippen LogP contribution in [-0.2, 0) is 4.79 Å². The largest absolute Gasteiger partial charge is 0.354 e. The molecule has 1 saturated heterocycles. The Balaban J connectivity index is 1.40. The van der Waals surface area contributed by atoms with Crippen LogP contribution in [0, 0.1) is 12.8 Å². The number of aromatic nitrogens is 3. The number of nitrogens with one attached hydrogen (secondary N) is 1. The molecule has 144 valence electrons. The van der Waals surface area contributed by atoms with Crippen molar-refractivity contribution in [1.82, 2.24) is 15.2 Å². The van der Waals surface area contributed by atoms with E-state index < -0.39 is 0 Å². The quantitative estimate of drug-likeness (QED) is 0.685. The molecular formula is C20H20ClN5OS. The van der Waals surface area contributed by atoms with Gasteiger partial charge in [0.15, 0.2) is 16.1 Å². The van der Waals surface area contributed by atoms with E-state index in [2.05, 4.69) is 44.5 Å². The maximum atomic E-state index is 12.8. The Morgan fingerprint density at radius 2 is 2.04 bits per heavy atom. The van der Waals surface area contributed by atoms with Crippen LogP contribution in [0.25, 0.3) is 11.3 Å². The molecule has 0 saturated carbocycles. The van der Waals surface area contributed by atoms with Crippen LogP contribution in [0.2, 0.25) is 5.15 Å². The van der Waals surface area contributed by atoms with Crippen LogP contribution in [0.4, 0.5) is 10.9 Å². The van der Waals surface area contributed by atoms with Gasteiger partial charge >= 0.3 is 0 Å². The van der Waals surface area contributed by atoms with Gasteiger partial charge in [0.25, 0.3) is 0 Å². The summed E-state index contributed by atoms with van der Waals surface area (Å²) in [6.45, 7) is 3.52. The number of halogens is 1. The number of rotatable bonds is 4. The molecule has 28 heavy (non-hydrogen) atoms. The highest BCUT2D eigenvalue weighted by Gasteiger charge is 2.27. The van der Waals surface area contributed by atoms with Gasteiger partial charge < -0.3 is 10.2 Å². The van der Waals surface area contributed by atoms with E-state index in [1.54, 1.807) is 6.07 Å². The zero-order valence-corrected chi connectivity index (χ0v) is 17.0. The molecule has 2 aromatic heterocycles. The van der Waals surface area contributed by atoms with Gasteiger partial charge in [0.1, 0.15) is 0 Å². The van der Waals surface area contributed by atoms with Gasteiger partial charge in [-0.05, 0) is 31.9 Å². The summed E-state index contributed by atoms with van der Waals surface area (Å²) in [5.74, 6) is 0.632. The summed E-state index contributed by atoms with van der Waals surface area (Å²) in [5, 5.41) is 14.0. The lowest BCUT2D eigenvalue weighted by atomic mass is 9.97. The average molecular weight is 414 g/mol. The molecule has 4 rings (SSSR count). The fourth-order valence-electron chi connectivity index (χ4n) is 3.27. The summed E-state index contributed by atoms with van der Waals surface area (Å²) >= 11 is 7.26. The number of piperidine rings is 1. The van der Waals surface area contributed by atoms with Crippen LogP contribution in [0.15, 0.2) is 41.8 Å². The second-order valence-corrected chi connectivity index (χ2v) is 8.14. The topological polar surface area (TPSA) is 71.0 Å². The lowest BCUT2D eigenvalue weighted by molar-refractivity contribution is -0.120. The Labute approximate surface area is 172 Å². The molecule has 1 aromatic carbocycles. The molecule has 0 radical (unpaired) electrons. The van der Waals surface area contributed by atoms with Crippen molar-refractivity contribution in [3.8, 4) is 11.3 Å². The number of anilines is 2. The molecular weight excluding hydrogens is 394 g/mol. The zero-order valence-electron chi connectivity index (χ0n) is 15.4. The summed E-state index contributed by atoms with van der Waals surface area (Å²) < 4.78 is 0. The second-order valence-electron chi connectivity index (χ2n) is 6.89. The van der Waals surface area contributed by atoms with E-state index in [0.29, 0.717) is 16.8 Å². The van der Waals surface area contributed by atoms with Crippen molar-refractivity contribution in [1.29, 1.82) is 0 Å². The van der Waals surface area contributed by atoms with Crippen molar-refractivity contribution in [2.24, 2.45) is 5.92 Å². The third-order valence-electron chi connectivity index (χ3n) is 4.82. The Morgan fingerprint density at radius 1 is 1.21 bits per heavy atom. The van der Waals surface area contributed by atoms with E-state index in [-0.39, 0.29) is 11.8 Å². The highest BCUT2D eigenvalue weighted by Crippen LogP contribution is 2.27. The Morgan fingerprint density at radius 3 is 2.79 bits per heavy atom. The standard InChI is InChI=1S/C20H20ClN5OS/c1-13-4-6-14(7-5-13)16-12-28-20(22-16)23-19(27)15-3-2-10-26(11-15)18-9-8-17(21)24-25-18/h4-9,12,15H,2-3,10-11H2,1H3,(H,22,23,27)/t15-/m1/s1. The first kappa shape index (κ1) is 18.8. The zero-order chi connectivity index (χ0) is 19.5. The maximum Gasteiger partial charge on any atom is 0.231 e. The van der Waals surface area contributed by atoms with E-state index in [1.165, 1.54) is 16.9 Å². The van der Waals surface area contributed by atoms with Crippen molar-refractivity contribution >= 4 is 39.8 Å². The SMILES string of the molecule is Cc1ccc(-c2csc(NC(=O)[C@@H]3CCCN(c4ccc(Cl)nn4)C3)n2)cc1. The fraction of sp³-hybridized carbons (Fsp3) is 0.300. The highest BCUT2D eigenvalue weighted by molar-refractivity contribution is 7.14. The predicted octanol–water partition coefficient (Wildman–Crippen LogP) is 4.42. The van der Waals surface area contributed by atoms with Gasteiger partial charge in [-0.1, -0.05) is 41.4 Å². The fourth-order valence-corrected chi connectivity index (χ4v) is 4.10. The maximum absolute atomic E-state index is 12.8. The first-order valence-electron chi connectivity index (χ1n) is 9.16. The van der Waals surface area contributed by atoms with Crippen LogP contribution in [0.3, 0.4) is 0 Å². The van der Waals surface area contributed by atoms with Crippen LogP contribution in [0.5, 0.6) is 0 Å². The van der Waals surface area contributed by atoms with E-state index in [9.17, 15) is 4.79 Å².